The zero-order valence-corrected chi connectivity index (χ0v) is 11.5. The van der Waals surface area contributed by atoms with Crippen molar-refractivity contribution in [3.05, 3.63) is 48.4 Å². The van der Waals surface area contributed by atoms with Crippen LogP contribution in [0, 0.1) is 0 Å². The molecule has 2 heterocycles. The van der Waals surface area contributed by atoms with Crippen LogP contribution in [0.2, 0.25) is 0 Å². The summed E-state index contributed by atoms with van der Waals surface area (Å²) in [6.45, 7) is 0. The lowest BCUT2D eigenvalue weighted by Gasteiger charge is -2.02. The number of sulfonamides is 1. The molecular formula is C13H11N3O4S. The van der Waals surface area contributed by atoms with Gasteiger partial charge in [0, 0.05) is 17.3 Å². The summed E-state index contributed by atoms with van der Waals surface area (Å²) in [5.74, 6) is -0.613. The number of nitrogen functional groups attached to an aromatic ring is 1. The highest BCUT2D eigenvalue weighted by atomic mass is 32.2. The van der Waals surface area contributed by atoms with E-state index in [4.69, 9.17) is 15.3 Å². The first-order valence-electron chi connectivity index (χ1n) is 5.90. The molecule has 1 aromatic carbocycles. The number of fused-ring (bicyclic) bond motifs is 1. The topological polar surface area (TPSA) is 121 Å². The molecule has 0 atom stereocenters. The van der Waals surface area contributed by atoms with Crippen LogP contribution in [0.4, 0.5) is 5.69 Å². The van der Waals surface area contributed by atoms with Gasteiger partial charge in [-0.05, 0) is 36.4 Å². The minimum Gasteiger partial charge on any atom is -0.438 e. The summed E-state index contributed by atoms with van der Waals surface area (Å²) in [4.78, 5) is 12.3. The van der Waals surface area contributed by atoms with E-state index >= 15 is 0 Å². The first-order chi connectivity index (χ1) is 9.86. The molecule has 0 bridgehead atoms. The smallest absolute Gasteiger partial charge is 0.298 e. The Morgan fingerprint density at radius 3 is 2.57 bits per heavy atom. The Morgan fingerprint density at radius 1 is 1.14 bits per heavy atom. The summed E-state index contributed by atoms with van der Waals surface area (Å²) in [5, 5.41) is 5.28. The number of aromatic nitrogens is 1. The number of carbonyl (C=O) groups is 1. The van der Waals surface area contributed by atoms with Crippen molar-refractivity contribution in [1.82, 2.24) is 4.57 Å². The van der Waals surface area contributed by atoms with Gasteiger partial charge in [-0.2, -0.15) is 0 Å². The van der Waals surface area contributed by atoms with Crippen LogP contribution in [0.1, 0.15) is 10.6 Å². The Morgan fingerprint density at radius 2 is 1.90 bits per heavy atom. The molecule has 0 aliphatic carbocycles. The third-order valence-corrected chi connectivity index (χ3v) is 3.79. The Balaban J connectivity index is 2.07. The number of hydrogen-bond acceptors (Lipinski definition) is 5. The second kappa shape index (κ2) is 4.47. The Hall–Kier alpha value is -2.58. The largest absolute Gasteiger partial charge is 0.438 e. The molecule has 0 spiro atoms. The highest BCUT2D eigenvalue weighted by molar-refractivity contribution is 7.89. The predicted molar refractivity (Wildman–Crippen MR) is 76.2 cm³/mol. The van der Waals surface area contributed by atoms with E-state index in [0.29, 0.717) is 11.2 Å². The molecule has 0 aliphatic heterocycles. The molecule has 7 nitrogen and oxygen atoms in total. The maximum Gasteiger partial charge on any atom is 0.298 e. The first-order valence-corrected chi connectivity index (χ1v) is 7.45. The fourth-order valence-corrected chi connectivity index (χ4v) is 2.51. The molecule has 3 rings (SSSR count). The maximum absolute atomic E-state index is 12.3. The first kappa shape index (κ1) is 13.4. The second-order valence-corrected chi connectivity index (χ2v) is 5.97. The number of anilines is 1. The number of furan rings is 1. The molecule has 8 heteroatoms. The van der Waals surface area contributed by atoms with Crippen molar-refractivity contribution in [1.29, 1.82) is 0 Å². The molecule has 4 N–H and O–H groups in total. The van der Waals surface area contributed by atoms with Gasteiger partial charge >= 0.3 is 0 Å². The number of benzene rings is 1. The van der Waals surface area contributed by atoms with Crippen LogP contribution in [0.5, 0.6) is 0 Å². The molecule has 2 aromatic heterocycles. The molecule has 0 radical (unpaired) electrons. The molecule has 0 saturated carbocycles. The van der Waals surface area contributed by atoms with E-state index < -0.39 is 21.0 Å². The van der Waals surface area contributed by atoms with Crippen molar-refractivity contribution < 1.29 is 17.6 Å². The lowest BCUT2D eigenvalue weighted by Crippen LogP contribution is -2.12. The normalized spacial score (nSPS) is 11.9. The van der Waals surface area contributed by atoms with E-state index in [1.165, 1.54) is 10.6 Å². The number of nitrogens with two attached hydrogens (primary N) is 2. The molecule has 0 unspecified atom stereocenters. The Kier molecular flexibility index (Phi) is 2.85. The third kappa shape index (κ3) is 2.30. The standard InChI is InChI=1S/C13H11N3O4S/c14-9-1-2-10-8(7-9)5-6-16(10)13(17)11-3-4-12(20-11)21(15,18)19/h1-7H,14H2,(H2,15,18,19). The van der Waals surface area contributed by atoms with Gasteiger partial charge in [-0.3, -0.25) is 9.36 Å². The van der Waals surface area contributed by atoms with Gasteiger partial charge < -0.3 is 10.2 Å². The maximum atomic E-state index is 12.3. The van der Waals surface area contributed by atoms with E-state index in [0.717, 1.165) is 11.5 Å². The van der Waals surface area contributed by atoms with Gasteiger partial charge in [-0.15, -0.1) is 0 Å². The Bertz CT molecular complexity index is 953. The second-order valence-electron chi connectivity index (χ2n) is 4.47. The number of nitrogens with zero attached hydrogens (tertiary/aromatic N) is 1. The van der Waals surface area contributed by atoms with Crippen LogP contribution in [-0.2, 0) is 10.0 Å². The van der Waals surface area contributed by atoms with Crippen LogP contribution >= 0.6 is 0 Å². The van der Waals surface area contributed by atoms with Crippen LogP contribution in [0.3, 0.4) is 0 Å². The highest BCUT2D eigenvalue weighted by Crippen LogP contribution is 2.21. The van der Waals surface area contributed by atoms with E-state index in [-0.39, 0.29) is 5.76 Å². The molecule has 108 valence electrons. The summed E-state index contributed by atoms with van der Waals surface area (Å²) >= 11 is 0. The summed E-state index contributed by atoms with van der Waals surface area (Å²) < 4.78 is 28.7. The quantitative estimate of drug-likeness (QED) is 0.688. The highest BCUT2D eigenvalue weighted by Gasteiger charge is 2.19. The van der Waals surface area contributed by atoms with Crippen LogP contribution in [0.25, 0.3) is 10.9 Å². The third-order valence-electron chi connectivity index (χ3n) is 3.01. The zero-order valence-electron chi connectivity index (χ0n) is 10.7. The van der Waals surface area contributed by atoms with Gasteiger partial charge in [0.15, 0.2) is 5.76 Å². The summed E-state index contributed by atoms with van der Waals surface area (Å²) in [6.07, 6.45) is 1.56. The molecule has 0 aliphatic rings. The minimum atomic E-state index is -3.98. The molecule has 3 aromatic rings. The van der Waals surface area contributed by atoms with Gasteiger partial charge in [-0.1, -0.05) is 0 Å². The van der Waals surface area contributed by atoms with E-state index in [9.17, 15) is 13.2 Å². The van der Waals surface area contributed by atoms with Crippen molar-refractivity contribution in [2.24, 2.45) is 5.14 Å². The summed E-state index contributed by atoms with van der Waals surface area (Å²) in [7, 11) is -3.98. The van der Waals surface area contributed by atoms with Gasteiger partial charge in [0.25, 0.3) is 15.9 Å². The SMILES string of the molecule is Nc1ccc2c(ccn2C(=O)c2ccc(S(N)(=O)=O)o2)c1. The fraction of sp³-hybridized carbons (Fsp3) is 0. The van der Waals surface area contributed by atoms with Crippen molar-refractivity contribution in [3.63, 3.8) is 0 Å². The Labute approximate surface area is 119 Å². The molecule has 0 fully saturated rings. The van der Waals surface area contributed by atoms with Crippen molar-refractivity contribution in [3.8, 4) is 0 Å². The minimum absolute atomic E-state index is 0.117. The average Bonchev–Trinajstić information content (AvgIpc) is 3.03. The van der Waals surface area contributed by atoms with Crippen LogP contribution < -0.4 is 10.9 Å². The van der Waals surface area contributed by atoms with Crippen molar-refractivity contribution in [2.75, 3.05) is 5.73 Å². The van der Waals surface area contributed by atoms with Crippen LogP contribution in [-0.4, -0.2) is 18.9 Å². The van der Waals surface area contributed by atoms with Gasteiger partial charge in [0.05, 0.1) is 5.52 Å². The van der Waals surface area contributed by atoms with Crippen LogP contribution in [0.15, 0.2) is 52.1 Å². The van der Waals surface area contributed by atoms with Crippen molar-refractivity contribution in [2.45, 2.75) is 5.09 Å². The summed E-state index contributed by atoms with van der Waals surface area (Å²) in [6, 6.07) is 9.25. The lowest BCUT2D eigenvalue weighted by molar-refractivity contribution is 0.0932. The fourth-order valence-electron chi connectivity index (χ4n) is 2.04. The molecule has 0 amide bonds. The number of hydrogen-bond donors (Lipinski definition) is 2. The monoisotopic (exact) mass is 305 g/mol. The zero-order chi connectivity index (χ0) is 15.2. The van der Waals surface area contributed by atoms with Gasteiger partial charge in [-0.25, -0.2) is 13.6 Å². The number of rotatable bonds is 2. The average molecular weight is 305 g/mol. The summed E-state index contributed by atoms with van der Waals surface area (Å²) in [5.41, 5.74) is 6.91. The van der Waals surface area contributed by atoms with Crippen molar-refractivity contribution >= 4 is 32.5 Å². The molecule has 21 heavy (non-hydrogen) atoms. The molecular weight excluding hydrogens is 294 g/mol. The number of primary sulfonamides is 1. The van der Waals surface area contributed by atoms with E-state index in [1.54, 1.807) is 30.5 Å². The van der Waals surface area contributed by atoms with E-state index in [2.05, 4.69) is 0 Å². The predicted octanol–water partition coefficient (Wildman–Crippen LogP) is 1.15. The molecule has 0 saturated heterocycles. The lowest BCUT2D eigenvalue weighted by atomic mass is 10.2. The van der Waals surface area contributed by atoms with Gasteiger partial charge in [0.2, 0.25) is 5.09 Å². The number of carbonyl (C=O) groups excluding carboxylic acids is 1. The van der Waals surface area contributed by atoms with Gasteiger partial charge in [0.1, 0.15) is 0 Å². The van der Waals surface area contributed by atoms with E-state index in [1.807, 2.05) is 0 Å².